The van der Waals surface area contributed by atoms with E-state index in [0.717, 1.165) is 16.0 Å². The van der Waals surface area contributed by atoms with E-state index in [0.29, 0.717) is 28.6 Å². The van der Waals surface area contributed by atoms with Gasteiger partial charge in [-0.15, -0.1) is 0 Å². The molecule has 2 aromatic heterocycles. The molecule has 5 aromatic rings. The largest absolute Gasteiger partial charge is 0.497 e. The van der Waals surface area contributed by atoms with E-state index in [2.05, 4.69) is 20.9 Å². The zero-order valence-corrected chi connectivity index (χ0v) is 19.4. The van der Waals surface area contributed by atoms with Gasteiger partial charge in [-0.2, -0.15) is 0 Å². The van der Waals surface area contributed by atoms with Crippen molar-refractivity contribution in [3.05, 3.63) is 92.6 Å². The first-order valence-corrected chi connectivity index (χ1v) is 11.5. The fourth-order valence-corrected chi connectivity index (χ4v) is 4.48. The Morgan fingerprint density at radius 1 is 1.06 bits per heavy atom. The number of hydrogen-bond acceptors (Lipinski definition) is 9. The Balaban J connectivity index is 1.26. The molecule has 0 bridgehead atoms. The van der Waals surface area contributed by atoms with Gasteiger partial charge in [0.15, 0.2) is 5.13 Å². The van der Waals surface area contributed by atoms with Gasteiger partial charge in [-0.1, -0.05) is 23.5 Å². The Morgan fingerprint density at radius 3 is 2.60 bits per heavy atom. The maximum Gasteiger partial charge on any atom is 0.253 e. The third kappa shape index (κ3) is 4.78. The molecule has 176 valence electrons. The SMILES string of the molecule is COc1ccc(CC(=O)Nc2nc3ccc(Nc4c(NCc5ccco5)c(=O)c4=O)cc3s2)cc1. The number of aromatic nitrogens is 1. The van der Waals surface area contributed by atoms with E-state index in [4.69, 9.17) is 9.15 Å². The monoisotopic (exact) mass is 488 g/mol. The van der Waals surface area contributed by atoms with Crippen molar-refractivity contribution in [3.63, 3.8) is 0 Å². The second-order valence-electron chi connectivity index (χ2n) is 7.74. The average molecular weight is 489 g/mol. The first kappa shape index (κ1) is 22.4. The molecule has 3 aromatic carbocycles. The van der Waals surface area contributed by atoms with E-state index in [1.807, 2.05) is 30.3 Å². The van der Waals surface area contributed by atoms with Crippen molar-refractivity contribution in [1.29, 1.82) is 0 Å². The van der Waals surface area contributed by atoms with Gasteiger partial charge in [0.1, 0.15) is 22.9 Å². The molecular formula is C25H20N4O5S. The number of carbonyl (C=O) groups is 1. The summed E-state index contributed by atoms with van der Waals surface area (Å²) in [7, 11) is 1.59. The Kier molecular flexibility index (Phi) is 6.02. The van der Waals surface area contributed by atoms with Crippen molar-refractivity contribution in [2.24, 2.45) is 0 Å². The lowest BCUT2D eigenvalue weighted by Gasteiger charge is -2.14. The standard InChI is InChI=1S/C25H20N4O5S/c1-33-16-7-4-14(5-8-16)11-20(30)29-25-28-18-9-6-15(12-19(18)35-25)27-22-21(23(31)24(22)32)26-13-17-3-2-10-34-17/h2-10,12,26-27H,11,13H2,1H3,(H,28,29,30). The van der Waals surface area contributed by atoms with Crippen LogP contribution in [0.5, 0.6) is 5.75 Å². The highest BCUT2D eigenvalue weighted by atomic mass is 32.1. The van der Waals surface area contributed by atoms with E-state index in [9.17, 15) is 14.4 Å². The van der Waals surface area contributed by atoms with Crippen LogP contribution in [0.3, 0.4) is 0 Å². The molecule has 0 radical (unpaired) electrons. The molecule has 0 fully saturated rings. The number of furan rings is 1. The maximum absolute atomic E-state index is 12.4. The number of methoxy groups -OCH3 is 1. The maximum atomic E-state index is 12.4. The molecule has 0 unspecified atom stereocenters. The fourth-order valence-electron chi connectivity index (χ4n) is 3.56. The number of thiazole rings is 1. The Labute approximate surface area is 203 Å². The van der Waals surface area contributed by atoms with Crippen LogP contribution in [0.4, 0.5) is 22.2 Å². The number of ether oxygens (including phenoxy) is 1. The van der Waals surface area contributed by atoms with Crippen LogP contribution in [0.1, 0.15) is 11.3 Å². The lowest BCUT2D eigenvalue weighted by Crippen LogP contribution is -2.36. The molecule has 0 spiro atoms. The number of rotatable bonds is 9. The number of benzene rings is 2. The van der Waals surface area contributed by atoms with Gasteiger partial charge in [0, 0.05) is 5.69 Å². The van der Waals surface area contributed by atoms with Crippen LogP contribution >= 0.6 is 11.3 Å². The van der Waals surface area contributed by atoms with Crippen molar-refractivity contribution in [2.45, 2.75) is 13.0 Å². The Bertz CT molecular complexity index is 1560. The van der Waals surface area contributed by atoms with Crippen molar-refractivity contribution < 1.29 is 13.9 Å². The van der Waals surface area contributed by atoms with Crippen LogP contribution in [-0.2, 0) is 17.8 Å². The molecule has 35 heavy (non-hydrogen) atoms. The van der Waals surface area contributed by atoms with E-state index in [-0.39, 0.29) is 23.7 Å². The lowest BCUT2D eigenvalue weighted by molar-refractivity contribution is -0.115. The number of nitrogens with one attached hydrogen (secondary N) is 3. The minimum Gasteiger partial charge on any atom is -0.497 e. The third-order valence-electron chi connectivity index (χ3n) is 5.36. The van der Waals surface area contributed by atoms with Crippen molar-refractivity contribution in [2.75, 3.05) is 23.1 Å². The van der Waals surface area contributed by atoms with Crippen molar-refractivity contribution in [1.82, 2.24) is 4.98 Å². The Morgan fingerprint density at radius 2 is 1.86 bits per heavy atom. The van der Waals surface area contributed by atoms with Crippen LogP contribution < -0.4 is 31.5 Å². The van der Waals surface area contributed by atoms with E-state index < -0.39 is 10.9 Å². The van der Waals surface area contributed by atoms with Gasteiger partial charge in [0.05, 0.1) is 36.6 Å². The topological polar surface area (TPSA) is 123 Å². The summed E-state index contributed by atoms with van der Waals surface area (Å²) in [5.74, 6) is 1.20. The summed E-state index contributed by atoms with van der Waals surface area (Å²) in [4.78, 5) is 41.0. The number of nitrogens with zero attached hydrogens (tertiary/aromatic N) is 1. The normalized spacial score (nSPS) is 11.0. The zero-order chi connectivity index (χ0) is 24.4. The molecule has 10 heteroatoms. The lowest BCUT2D eigenvalue weighted by atomic mass is 10.1. The van der Waals surface area contributed by atoms with Gasteiger partial charge in [0.2, 0.25) is 5.91 Å². The smallest absolute Gasteiger partial charge is 0.253 e. The predicted octanol–water partition coefficient (Wildman–Crippen LogP) is 4.03. The summed E-state index contributed by atoms with van der Waals surface area (Å²) in [6.45, 7) is 0.292. The van der Waals surface area contributed by atoms with Gasteiger partial charge >= 0.3 is 0 Å². The van der Waals surface area contributed by atoms with Crippen LogP contribution in [0, 0.1) is 0 Å². The highest BCUT2D eigenvalue weighted by molar-refractivity contribution is 7.22. The number of amides is 1. The summed E-state index contributed by atoms with van der Waals surface area (Å²) >= 11 is 1.32. The number of anilines is 4. The molecule has 0 saturated carbocycles. The zero-order valence-electron chi connectivity index (χ0n) is 18.6. The molecule has 0 aliphatic rings. The van der Waals surface area contributed by atoms with Gasteiger partial charge < -0.3 is 25.1 Å². The highest BCUT2D eigenvalue weighted by Gasteiger charge is 2.21. The molecule has 0 aliphatic carbocycles. The van der Waals surface area contributed by atoms with E-state index in [1.54, 1.807) is 37.6 Å². The summed E-state index contributed by atoms with van der Waals surface area (Å²) in [5.41, 5.74) is 1.48. The summed E-state index contributed by atoms with van der Waals surface area (Å²) in [6.07, 6.45) is 1.75. The van der Waals surface area contributed by atoms with Gasteiger partial charge in [-0.25, -0.2) is 4.98 Å². The van der Waals surface area contributed by atoms with Crippen molar-refractivity contribution in [3.8, 4) is 5.75 Å². The van der Waals surface area contributed by atoms with Crippen molar-refractivity contribution >= 4 is 49.7 Å². The quantitative estimate of drug-likeness (QED) is 0.266. The summed E-state index contributed by atoms with van der Waals surface area (Å²) in [6, 6.07) is 16.2. The minimum atomic E-state index is -0.581. The highest BCUT2D eigenvalue weighted by Crippen LogP contribution is 2.30. The first-order valence-electron chi connectivity index (χ1n) is 10.7. The van der Waals surface area contributed by atoms with Gasteiger partial charge in [0.25, 0.3) is 10.9 Å². The molecule has 3 N–H and O–H groups in total. The van der Waals surface area contributed by atoms with E-state index in [1.165, 1.54) is 11.3 Å². The Hall–Kier alpha value is -4.44. The molecule has 2 heterocycles. The molecule has 0 atom stereocenters. The van der Waals surface area contributed by atoms with Gasteiger partial charge in [-0.3, -0.25) is 14.4 Å². The minimum absolute atomic E-state index is 0.177. The van der Waals surface area contributed by atoms with Crippen LogP contribution in [0.25, 0.3) is 10.2 Å². The third-order valence-corrected chi connectivity index (χ3v) is 6.29. The molecule has 0 aliphatic heterocycles. The molecule has 0 saturated heterocycles. The summed E-state index contributed by atoms with van der Waals surface area (Å²) < 4.78 is 11.2. The second kappa shape index (κ2) is 9.43. The molecule has 1 amide bonds. The molecular weight excluding hydrogens is 468 g/mol. The predicted molar refractivity (Wildman–Crippen MR) is 136 cm³/mol. The molecule has 9 nitrogen and oxygen atoms in total. The fraction of sp³-hybridized carbons (Fsp3) is 0.120. The molecule has 5 rings (SSSR count). The van der Waals surface area contributed by atoms with E-state index >= 15 is 0 Å². The van der Waals surface area contributed by atoms with Gasteiger partial charge in [-0.05, 0) is 48.0 Å². The second-order valence-corrected chi connectivity index (χ2v) is 8.77. The van der Waals surface area contributed by atoms with Crippen LogP contribution in [0.2, 0.25) is 0 Å². The number of hydrogen-bond donors (Lipinski definition) is 3. The number of fused-ring (bicyclic) bond motifs is 1. The number of carbonyl (C=O) groups excluding carboxylic acids is 1. The van der Waals surface area contributed by atoms with Crippen LogP contribution in [0.15, 0.2) is 74.9 Å². The summed E-state index contributed by atoms with van der Waals surface area (Å²) in [5, 5.41) is 9.28. The average Bonchev–Trinajstić information content (AvgIpc) is 3.52. The van der Waals surface area contributed by atoms with Crippen LogP contribution in [-0.4, -0.2) is 18.0 Å². The first-order chi connectivity index (χ1) is 17.0.